The number of hydrogen-bond acceptors (Lipinski definition) is 5. The van der Waals surface area contributed by atoms with E-state index in [0.717, 1.165) is 5.01 Å². The Morgan fingerprint density at radius 1 is 1.47 bits per heavy atom. The number of nitrogens with one attached hydrogen (secondary N) is 1. The lowest BCUT2D eigenvalue weighted by molar-refractivity contribution is 0.471. The Kier molecular flexibility index (Phi) is 3.88. The minimum absolute atomic E-state index is 0.0162. The third kappa shape index (κ3) is 3.12. The van der Waals surface area contributed by atoms with E-state index >= 15 is 0 Å². The van der Waals surface area contributed by atoms with Gasteiger partial charge in [-0.2, -0.15) is 0 Å². The molecule has 4 nitrogen and oxygen atoms in total. The van der Waals surface area contributed by atoms with Crippen molar-refractivity contribution in [3.63, 3.8) is 0 Å². The van der Waals surface area contributed by atoms with E-state index < -0.39 is 5.82 Å². The van der Waals surface area contributed by atoms with Crippen LogP contribution >= 0.6 is 22.9 Å². The van der Waals surface area contributed by atoms with Gasteiger partial charge in [-0.15, -0.1) is 5.10 Å². The summed E-state index contributed by atoms with van der Waals surface area (Å²) in [5.41, 5.74) is 0. The van der Waals surface area contributed by atoms with Gasteiger partial charge in [-0.05, 0) is 19.2 Å². The van der Waals surface area contributed by atoms with Gasteiger partial charge in [0.05, 0.1) is 5.02 Å². The predicted molar refractivity (Wildman–Crippen MR) is 64.2 cm³/mol. The zero-order valence-corrected chi connectivity index (χ0v) is 10.5. The van der Waals surface area contributed by atoms with Crippen LogP contribution in [0.15, 0.2) is 18.2 Å². The highest BCUT2D eigenvalue weighted by atomic mass is 35.5. The first-order valence-corrected chi connectivity index (χ1v) is 5.98. The molecule has 1 heterocycles. The maximum Gasteiger partial charge on any atom is 0.299 e. The van der Waals surface area contributed by atoms with Crippen molar-refractivity contribution in [2.75, 3.05) is 7.05 Å². The van der Waals surface area contributed by atoms with Gasteiger partial charge in [0.25, 0.3) is 5.19 Å². The number of hydrogen-bond donors (Lipinski definition) is 1. The number of ether oxygens (including phenoxy) is 1. The molecule has 0 saturated carbocycles. The molecule has 17 heavy (non-hydrogen) atoms. The fourth-order valence-electron chi connectivity index (χ4n) is 1.14. The standard InChI is InChI=1S/C10H9ClFN3OS/c1-13-5-9-14-15-10(17-9)16-6-2-3-8(12)7(11)4-6/h2-4,13H,5H2,1H3. The lowest BCUT2D eigenvalue weighted by Gasteiger charge is -2.01. The first-order valence-electron chi connectivity index (χ1n) is 4.79. The molecule has 0 fully saturated rings. The lowest BCUT2D eigenvalue weighted by Crippen LogP contribution is -2.04. The Hall–Kier alpha value is -1.24. The van der Waals surface area contributed by atoms with Crippen molar-refractivity contribution in [2.45, 2.75) is 6.54 Å². The summed E-state index contributed by atoms with van der Waals surface area (Å²) in [4.78, 5) is 0. The zero-order valence-electron chi connectivity index (χ0n) is 8.91. The fourth-order valence-corrected chi connectivity index (χ4v) is 2.03. The third-order valence-electron chi connectivity index (χ3n) is 1.87. The number of nitrogens with zero attached hydrogens (tertiary/aromatic N) is 2. The van der Waals surface area contributed by atoms with Gasteiger partial charge in [-0.25, -0.2) is 4.39 Å². The fraction of sp³-hybridized carbons (Fsp3) is 0.200. The number of rotatable bonds is 4. The van der Waals surface area contributed by atoms with Crippen LogP contribution in [0, 0.1) is 5.82 Å². The van der Waals surface area contributed by atoms with Crippen molar-refractivity contribution in [3.8, 4) is 10.9 Å². The number of benzene rings is 1. The number of aromatic nitrogens is 2. The highest BCUT2D eigenvalue weighted by Gasteiger charge is 2.07. The average Bonchev–Trinajstić information content (AvgIpc) is 2.72. The molecule has 1 N–H and O–H groups in total. The Morgan fingerprint density at radius 3 is 3.00 bits per heavy atom. The Bertz CT molecular complexity index is 520. The summed E-state index contributed by atoms with van der Waals surface area (Å²) in [6.07, 6.45) is 0. The quantitative estimate of drug-likeness (QED) is 0.930. The van der Waals surface area contributed by atoms with Crippen molar-refractivity contribution >= 4 is 22.9 Å². The second-order valence-corrected chi connectivity index (χ2v) is 4.60. The van der Waals surface area contributed by atoms with Crippen LogP contribution in [0.25, 0.3) is 0 Å². The van der Waals surface area contributed by atoms with Crippen LogP contribution in [0.4, 0.5) is 4.39 Å². The zero-order chi connectivity index (χ0) is 12.3. The second-order valence-electron chi connectivity index (χ2n) is 3.17. The summed E-state index contributed by atoms with van der Waals surface area (Å²) in [5.74, 6) is -0.0456. The molecule has 0 unspecified atom stereocenters. The van der Waals surface area contributed by atoms with Crippen LogP contribution in [0.5, 0.6) is 10.9 Å². The van der Waals surface area contributed by atoms with E-state index in [-0.39, 0.29) is 5.02 Å². The molecule has 2 rings (SSSR count). The van der Waals surface area contributed by atoms with Gasteiger partial charge in [0.2, 0.25) is 0 Å². The van der Waals surface area contributed by atoms with E-state index in [1.54, 1.807) is 0 Å². The largest absolute Gasteiger partial charge is 0.430 e. The topological polar surface area (TPSA) is 47.0 Å². The Balaban J connectivity index is 2.11. The summed E-state index contributed by atoms with van der Waals surface area (Å²) in [6.45, 7) is 0.630. The molecule has 0 bridgehead atoms. The minimum atomic E-state index is -0.479. The SMILES string of the molecule is CNCc1nnc(Oc2ccc(F)c(Cl)c2)s1. The molecule has 0 aliphatic heterocycles. The minimum Gasteiger partial charge on any atom is -0.430 e. The van der Waals surface area contributed by atoms with Crippen LogP contribution < -0.4 is 10.1 Å². The molecule has 0 aliphatic carbocycles. The van der Waals surface area contributed by atoms with Crippen LogP contribution in [0.3, 0.4) is 0 Å². The molecule has 0 amide bonds. The van der Waals surface area contributed by atoms with Crippen molar-refractivity contribution in [2.24, 2.45) is 0 Å². The average molecular weight is 274 g/mol. The van der Waals surface area contributed by atoms with Crippen molar-refractivity contribution in [1.29, 1.82) is 0 Å². The van der Waals surface area contributed by atoms with Gasteiger partial charge < -0.3 is 10.1 Å². The van der Waals surface area contributed by atoms with E-state index in [1.165, 1.54) is 29.5 Å². The molecule has 0 spiro atoms. The first-order chi connectivity index (χ1) is 8.19. The molecule has 1 aromatic carbocycles. The Labute approximate surface area is 106 Å². The second kappa shape index (κ2) is 5.39. The highest BCUT2D eigenvalue weighted by Crippen LogP contribution is 2.27. The van der Waals surface area contributed by atoms with Crippen LogP contribution in [-0.2, 0) is 6.54 Å². The van der Waals surface area contributed by atoms with E-state index in [0.29, 0.717) is 17.5 Å². The van der Waals surface area contributed by atoms with Gasteiger partial charge >= 0.3 is 0 Å². The molecule has 90 valence electrons. The predicted octanol–water partition coefficient (Wildman–Crippen LogP) is 2.84. The molecular weight excluding hydrogens is 265 g/mol. The van der Waals surface area contributed by atoms with Crippen molar-refractivity contribution in [3.05, 3.63) is 34.0 Å². The van der Waals surface area contributed by atoms with Crippen LogP contribution in [0.2, 0.25) is 5.02 Å². The van der Waals surface area contributed by atoms with Crippen LogP contribution in [0.1, 0.15) is 5.01 Å². The van der Waals surface area contributed by atoms with E-state index in [2.05, 4.69) is 15.5 Å². The number of halogens is 2. The van der Waals surface area contributed by atoms with Gasteiger partial charge in [-0.1, -0.05) is 28.0 Å². The lowest BCUT2D eigenvalue weighted by atomic mass is 10.3. The monoisotopic (exact) mass is 273 g/mol. The summed E-state index contributed by atoms with van der Waals surface area (Å²) >= 11 is 6.96. The van der Waals surface area contributed by atoms with Gasteiger partial charge in [-0.3, -0.25) is 0 Å². The summed E-state index contributed by atoms with van der Waals surface area (Å²) in [7, 11) is 1.82. The molecule has 0 radical (unpaired) electrons. The van der Waals surface area contributed by atoms with Gasteiger partial charge in [0, 0.05) is 12.6 Å². The molecule has 1 aromatic heterocycles. The highest BCUT2D eigenvalue weighted by molar-refractivity contribution is 7.13. The molecule has 7 heteroatoms. The molecule has 2 aromatic rings. The van der Waals surface area contributed by atoms with E-state index in [4.69, 9.17) is 16.3 Å². The third-order valence-corrected chi connectivity index (χ3v) is 2.96. The summed E-state index contributed by atoms with van der Waals surface area (Å²) in [6, 6.07) is 4.13. The molecular formula is C10H9ClFN3OS. The molecule has 0 atom stereocenters. The van der Waals surface area contributed by atoms with Crippen molar-refractivity contribution in [1.82, 2.24) is 15.5 Å². The summed E-state index contributed by atoms with van der Waals surface area (Å²) in [5, 5.41) is 12.0. The van der Waals surface area contributed by atoms with Crippen molar-refractivity contribution < 1.29 is 9.13 Å². The maximum absolute atomic E-state index is 12.9. The van der Waals surface area contributed by atoms with E-state index in [9.17, 15) is 4.39 Å². The summed E-state index contributed by atoms with van der Waals surface area (Å²) < 4.78 is 18.3. The maximum atomic E-state index is 12.9. The normalized spacial score (nSPS) is 10.5. The smallest absolute Gasteiger partial charge is 0.299 e. The first kappa shape index (κ1) is 12.2. The Morgan fingerprint density at radius 2 is 2.29 bits per heavy atom. The van der Waals surface area contributed by atoms with E-state index in [1.807, 2.05) is 7.05 Å². The molecule has 0 aliphatic rings. The molecule has 0 saturated heterocycles. The van der Waals surface area contributed by atoms with Gasteiger partial charge in [0.15, 0.2) is 0 Å². The van der Waals surface area contributed by atoms with Crippen LogP contribution in [-0.4, -0.2) is 17.2 Å². The van der Waals surface area contributed by atoms with Gasteiger partial charge in [0.1, 0.15) is 16.6 Å².